The normalized spacial score (nSPS) is 18.2. The van der Waals surface area contributed by atoms with Crippen LogP contribution in [0, 0.1) is 0 Å². The van der Waals surface area contributed by atoms with Crippen LogP contribution in [0.1, 0.15) is 18.5 Å². The van der Waals surface area contributed by atoms with E-state index in [0.29, 0.717) is 11.3 Å². The maximum Gasteiger partial charge on any atom is 0.387 e. The zero-order chi connectivity index (χ0) is 22.9. The van der Waals surface area contributed by atoms with E-state index in [1.807, 2.05) is 0 Å². The van der Waals surface area contributed by atoms with Gasteiger partial charge in [-0.2, -0.15) is 13.8 Å². The van der Waals surface area contributed by atoms with Gasteiger partial charge in [0, 0.05) is 11.8 Å². The molecule has 3 aromatic rings. The maximum absolute atomic E-state index is 12.9. The Kier molecular flexibility index (Phi) is 5.43. The van der Waals surface area contributed by atoms with Crippen molar-refractivity contribution in [1.29, 1.82) is 0 Å². The van der Waals surface area contributed by atoms with Gasteiger partial charge < -0.3 is 19.3 Å². The van der Waals surface area contributed by atoms with Crippen LogP contribution in [0.4, 0.5) is 13.6 Å². The number of rotatable bonds is 7. The minimum absolute atomic E-state index is 0.000597. The third kappa shape index (κ3) is 3.82. The van der Waals surface area contributed by atoms with E-state index in [4.69, 9.17) is 9.26 Å². The zero-order valence-corrected chi connectivity index (χ0v) is 16.9. The molecule has 0 radical (unpaired) electrons. The molecule has 1 unspecified atom stereocenters. The first-order valence-electron chi connectivity index (χ1n) is 9.33. The van der Waals surface area contributed by atoms with Gasteiger partial charge in [-0.05, 0) is 37.3 Å². The molecule has 1 aliphatic rings. The number of hydrogen-bond acceptors (Lipinski definition) is 8. The van der Waals surface area contributed by atoms with Crippen LogP contribution in [-0.4, -0.2) is 45.7 Å². The molecule has 12 heteroatoms. The summed E-state index contributed by atoms with van der Waals surface area (Å²) in [6.07, 6.45) is 1.53. The number of ether oxygens (including phenoxy) is 2. The van der Waals surface area contributed by atoms with E-state index in [1.165, 1.54) is 31.5 Å². The second-order valence-corrected chi connectivity index (χ2v) is 6.92. The number of methoxy groups -OCH3 is 1. The predicted molar refractivity (Wildman–Crippen MR) is 104 cm³/mol. The van der Waals surface area contributed by atoms with Crippen molar-refractivity contribution in [3.8, 4) is 22.9 Å². The Morgan fingerprint density at radius 3 is 2.72 bits per heavy atom. The number of nitrogens with zero attached hydrogens (tertiary/aromatic N) is 4. The minimum atomic E-state index is -3.01. The second kappa shape index (κ2) is 8.21. The minimum Gasteiger partial charge on any atom is -0.493 e. The molecule has 0 saturated carbocycles. The molecule has 3 heterocycles. The van der Waals surface area contributed by atoms with Crippen LogP contribution in [-0.2, 0) is 16.9 Å². The van der Waals surface area contributed by atoms with Crippen molar-refractivity contribution < 1.29 is 32.4 Å². The Labute approximate surface area is 180 Å². The lowest BCUT2D eigenvalue weighted by Gasteiger charge is -2.20. The number of carbonyl (C=O) groups excluding carboxylic acids is 2. The summed E-state index contributed by atoms with van der Waals surface area (Å²) >= 11 is 0. The third-order valence-electron chi connectivity index (χ3n) is 4.85. The third-order valence-corrected chi connectivity index (χ3v) is 4.85. The molecule has 3 amide bonds. The number of carbonyl (C=O) groups is 2. The fourth-order valence-electron chi connectivity index (χ4n) is 3.24. The molecule has 0 spiro atoms. The van der Waals surface area contributed by atoms with E-state index in [2.05, 4.69) is 25.2 Å². The highest BCUT2D eigenvalue weighted by atomic mass is 19.3. The Balaban J connectivity index is 1.54. The van der Waals surface area contributed by atoms with Gasteiger partial charge >= 0.3 is 12.6 Å². The van der Waals surface area contributed by atoms with E-state index in [-0.39, 0.29) is 29.8 Å². The number of hydrogen-bond donors (Lipinski definition) is 1. The van der Waals surface area contributed by atoms with Gasteiger partial charge in [0.2, 0.25) is 11.7 Å². The quantitative estimate of drug-likeness (QED) is 0.552. The lowest BCUT2D eigenvalue weighted by atomic mass is 9.97. The van der Waals surface area contributed by atoms with Crippen molar-refractivity contribution in [2.45, 2.75) is 25.6 Å². The standard InChI is InChI=1S/C20H17F2N5O5/c1-20(14-5-3-4-8-23-14)17(28)27(19(29)25-20)10-15-24-16(26-32-15)11-6-7-12(31-18(21)22)13(9-11)30-2/h3-9,18H,10H2,1-2H3,(H,25,29). The Hall–Kier alpha value is -4.09. The number of aromatic nitrogens is 3. The zero-order valence-electron chi connectivity index (χ0n) is 16.9. The van der Waals surface area contributed by atoms with Crippen LogP contribution >= 0.6 is 0 Å². The van der Waals surface area contributed by atoms with Gasteiger partial charge in [-0.15, -0.1) is 0 Å². The van der Waals surface area contributed by atoms with Crippen molar-refractivity contribution in [3.63, 3.8) is 0 Å². The summed E-state index contributed by atoms with van der Waals surface area (Å²) in [7, 11) is 1.30. The lowest BCUT2D eigenvalue weighted by Crippen LogP contribution is -2.41. The number of amides is 3. The van der Waals surface area contributed by atoms with E-state index < -0.39 is 24.1 Å². The molecule has 0 aliphatic carbocycles. The van der Waals surface area contributed by atoms with Gasteiger partial charge in [-0.3, -0.25) is 14.7 Å². The summed E-state index contributed by atoms with van der Waals surface area (Å²) in [6.45, 7) is -1.71. The fraction of sp³-hybridized carbons (Fsp3) is 0.250. The largest absolute Gasteiger partial charge is 0.493 e. The van der Waals surface area contributed by atoms with Crippen LogP contribution in [0.5, 0.6) is 11.5 Å². The van der Waals surface area contributed by atoms with Crippen molar-refractivity contribution in [2.24, 2.45) is 0 Å². The highest BCUT2D eigenvalue weighted by molar-refractivity contribution is 6.06. The van der Waals surface area contributed by atoms with Gasteiger partial charge in [-0.25, -0.2) is 4.79 Å². The monoisotopic (exact) mass is 445 g/mol. The molecule has 0 bridgehead atoms. The summed E-state index contributed by atoms with van der Waals surface area (Å²) in [5.41, 5.74) is -0.533. The number of benzene rings is 1. The second-order valence-electron chi connectivity index (χ2n) is 6.92. The molecule has 1 fully saturated rings. The number of nitrogens with one attached hydrogen (secondary N) is 1. The van der Waals surface area contributed by atoms with Crippen LogP contribution in [0.3, 0.4) is 0 Å². The van der Waals surface area contributed by atoms with E-state index in [0.717, 1.165) is 4.90 Å². The molecule has 1 aliphatic heterocycles. The molecule has 2 aromatic heterocycles. The summed E-state index contributed by atoms with van der Waals surface area (Å²) in [6, 6.07) is 8.56. The fourth-order valence-corrected chi connectivity index (χ4v) is 3.24. The van der Waals surface area contributed by atoms with Gasteiger partial charge in [0.1, 0.15) is 6.54 Å². The SMILES string of the molecule is COc1cc(-c2noc(CN3C(=O)NC(C)(c4ccccn4)C3=O)n2)ccc1OC(F)F. The van der Waals surface area contributed by atoms with E-state index >= 15 is 0 Å². The summed E-state index contributed by atoms with van der Waals surface area (Å²) in [5.74, 6) is -0.504. The molecule has 1 atom stereocenters. The van der Waals surface area contributed by atoms with Crippen LogP contribution < -0.4 is 14.8 Å². The first-order chi connectivity index (χ1) is 15.3. The van der Waals surface area contributed by atoms with Gasteiger partial charge in [0.25, 0.3) is 5.91 Å². The van der Waals surface area contributed by atoms with Crippen LogP contribution in [0.25, 0.3) is 11.4 Å². The average molecular weight is 445 g/mol. The van der Waals surface area contributed by atoms with E-state index in [9.17, 15) is 18.4 Å². The molecule has 32 heavy (non-hydrogen) atoms. The average Bonchev–Trinajstić information content (AvgIpc) is 3.33. The molecule has 1 saturated heterocycles. The van der Waals surface area contributed by atoms with Crippen LogP contribution in [0.2, 0.25) is 0 Å². The highest BCUT2D eigenvalue weighted by Gasteiger charge is 2.50. The first-order valence-corrected chi connectivity index (χ1v) is 9.33. The van der Waals surface area contributed by atoms with Crippen molar-refractivity contribution >= 4 is 11.9 Å². The van der Waals surface area contributed by atoms with E-state index in [1.54, 1.807) is 25.1 Å². The lowest BCUT2D eigenvalue weighted by molar-refractivity contribution is -0.131. The molecule has 1 aromatic carbocycles. The Morgan fingerprint density at radius 1 is 1.22 bits per heavy atom. The number of pyridine rings is 1. The van der Waals surface area contributed by atoms with Crippen molar-refractivity contribution in [1.82, 2.24) is 25.3 Å². The predicted octanol–water partition coefficient (Wildman–Crippen LogP) is 2.71. The summed E-state index contributed by atoms with van der Waals surface area (Å²) < 4.78 is 39.6. The number of alkyl halides is 2. The first kappa shape index (κ1) is 21.2. The molecular weight excluding hydrogens is 428 g/mol. The summed E-state index contributed by atoms with van der Waals surface area (Å²) in [4.78, 5) is 34.7. The number of halogens is 2. The number of imide groups is 1. The summed E-state index contributed by atoms with van der Waals surface area (Å²) in [5, 5.41) is 6.46. The van der Waals surface area contributed by atoms with Gasteiger partial charge in [0.05, 0.1) is 12.8 Å². The maximum atomic E-state index is 12.9. The smallest absolute Gasteiger partial charge is 0.387 e. The molecule has 10 nitrogen and oxygen atoms in total. The van der Waals surface area contributed by atoms with Gasteiger partial charge in [-0.1, -0.05) is 11.2 Å². The van der Waals surface area contributed by atoms with Crippen molar-refractivity contribution in [3.05, 3.63) is 54.2 Å². The molecule has 4 rings (SSSR count). The molecule has 166 valence electrons. The van der Waals surface area contributed by atoms with Gasteiger partial charge in [0.15, 0.2) is 17.0 Å². The number of urea groups is 1. The highest BCUT2D eigenvalue weighted by Crippen LogP contribution is 2.33. The Bertz CT molecular complexity index is 1160. The van der Waals surface area contributed by atoms with Crippen molar-refractivity contribution in [2.75, 3.05) is 7.11 Å². The molecule has 1 N–H and O–H groups in total. The topological polar surface area (TPSA) is 120 Å². The molecular formula is C20H17F2N5O5. The Morgan fingerprint density at radius 2 is 2.03 bits per heavy atom. The van der Waals surface area contributed by atoms with Crippen LogP contribution in [0.15, 0.2) is 47.1 Å².